The molecule has 4 nitrogen and oxygen atoms in total. The first kappa shape index (κ1) is 11.6. The Kier molecular flexibility index (Phi) is 3.09. The zero-order chi connectivity index (χ0) is 12.4. The second kappa shape index (κ2) is 4.53. The maximum atomic E-state index is 8.78. The number of hydrogen-bond acceptors (Lipinski definition) is 5. The zero-order valence-electron chi connectivity index (χ0n) is 8.48. The average molecular weight is 264 g/mol. The lowest BCUT2D eigenvalue weighted by Crippen LogP contribution is -1.95. The van der Waals surface area contributed by atoms with Gasteiger partial charge in [-0.3, -0.25) is 0 Å². The lowest BCUT2D eigenvalue weighted by Gasteiger charge is -2.02. The van der Waals surface area contributed by atoms with Gasteiger partial charge in [-0.15, -0.1) is 0 Å². The summed E-state index contributed by atoms with van der Waals surface area (Å²) in [5, 5.41) is 9.39. The Balaban J connectivity index is 2.59. The molecular formula is C11H6ClN3OS. The van der Waals surface area contributed by atoms with Crippen molar-refractivity contribution in [3.05, 3.63) is 39.5 Å². The molecule has 0 saturated carbocycles. The van der Waals surface area contributed by atoms with Gasteiger partial charge in [-0.25, -0.2) is 0 Å². The highest BCUT2D eigenvalue weighted by molar-refractivity contribution is 7.71. The summed E-state index contributed by atoms with van der Waals surface area (Å²) in [6, 6.07) is 8.71. The first-order valence-corrected chi connectivity index (χ1v) is 5.37. The fraction of sp³-hybridized carbons (Fsp3) is 0. The molecule has 0 spiro atoms. The van der Waals surface area contributed by atoms with Crippen LogP contribution in [-0.4, -0.2) is 4.98 Å². The number of anilines is 1. The van der Waals surface area contributed by atoms with Crippen LogP contribution in [0.3, 0.4) is 0 Å². The van der Waals surface area contributed by atoms with Gasteiger partial charge in [-0.05, 0) is 24.3 Å². The summed E-state index contributed by atoms with van der Waals surface area (Å²) in [4.78, 5) is 4.01. The maximum absolute atomic E-state index is 8.78. The van der Waals surface area contributed by atoms with Gasteiger partial charge in [0.1, 0.15) is 11.6 Å². The molecule has 1 aromatic heterocycles. The van der Waals surface area contributed by atoms with Gasteiger partial charge in [0, 0.05) is 10.6 Å². The highest BCUT2D eigenvalue weighted by Gasteiger charge is 2.09. The molecular weight excluding hydrogens is 258 g/mol. The summed E-state index contributed by atoms with van der Waals surface area (Å²) in [5.41, 5.74) is 6.35. The Morgan fingerprint density at radius 2 is 2.00 bits per heavy atom. The molecule has 2 rings (SSSR count). The first-order chi connectivity index (χ1) is 8.11. The fourth-order valence-corrected chi connectivity index (χ4v) is 1.61. The number of halogens is 1. The van der Waals surface area contributed by atoms with Crippen LogP contribution in [0.15, 0.2) is 28.7 Å². The zero-order valence-corrected chi connectivity index (χ0v) is 10.0. The lowest BCUT2D eigenvalue weighted by atomic mass is 10.2. The van der Waals surface area contributed by atoms with Crippen LogP contribution < -0.4 is 5.73 Å². The van der Waals surface area contributed by atoms with E-state index >= 15 is 0 Å². The van der Waals surface area contributed by atoms with Gasteiger partial charge in [0.05, 0.1) is 0 Å². The molecule has 0 fully saturated rings. The van der Waals surface area contributed by atoms with Crippen LogP contribution in [-0.2, 0) is 0 Å². The third-order valence-electron chi connectivity index (χ3n) is 2.07. The van der Waals surface area contributed by atoms with Gasteiger partial charge in [0.15, 0.2) is 4.64 Å². The van der Waals surface area contributed by atoms with Crippen molar-refractivity contribution in [3.8, 4) is 17.5 Å². The topological polar surface area (TPSA) is 75.8 Å². The summed E-state index contributed by atoms with van der Waals surface area (Å²) >= 11 is 10.7. The first-order valence-electron chi connectivity index (χ1n) is 4.58. The van der Waals surface area contributed by atoms with Gasteiger partial charge in [-0.1, -0.05) is 23.8 Å². The summed E-state index contributed by atoms with van der Waals surface area (Å²) in [7, 11) is 0. The SMILES string of the molecule is N#Cc1c(N)oc(-c2ccc(Cl)cc2)nc1=S. The summed E-state index contributed by atoms with van der Waals surface area (Å²) in [5.74, 6) is 0.237. The van der Waals surface area contributed by atoms with Crippen LogP contribution in [0, 0.1) is 16.0 Å². The minimum Gasteiger partial charge on any atom is -0.421 e. The highest BCUT2D eigenvalue weighted by Crippen LogP contribution is 2.23. The highest BCUT2D eigenvalue weighted by atomic mass is 35.5. The van der Waals surface area contributed by atoms with E-state index in [1.165, 1.54) is 0 Å². The van der Waals surface area contributed by atoms with Gasteiger partial charge >= 0.3 is 0 Å². The molecule has 0 aliphatic carbocycles. The molecule has 0 radical (unpaired) electrons. The monoisotopic (exact) mass is 263 g/mol. The molecule has 0 amide bonds. The second-order valence-corrected chi connectivity index (χ2v) is 4.01. The van der Waals surface area contributed by atoms with E-state index in [0.717, 1.165) is 0 Å². The smallest absolute Gasteiger partial charge is 0.229 e. The van der Waals surface area contributed by atoms with Crippen molar-refractivity contribution >= 4 is 29.7 Å². The molecule has 0 atom stereocenters. The van der Waals surface area contributed by atoms with Crippen molar-refractivity contribution < 1.29 is 4.42 Å². The van der Waals surface area contributed by atoms with Crippen LogP contribution in [0.5, 0.6) is 0 Å². The maximum Gasteiger partial charge on any atom is 0.229 e. The van der Waals surface area contributed by atoms with Gasteiger partial charge in [0.25, 0.3) is 0 Å². The van der Waals surface area contributed by atoms with Crippen LogP contribution in [0.1, 0.15) is 5.56 Å². The van der Waals surface area contributed by atoms with Crippen LogP contribution in [0.25, 0.3) is 11.5 Å². The van der Waals surface area contributed by atoms with E-state index in [0.29, 0.717) is 10.6 Å². The van der Waals surface area contributed by atoms with E-state index in [9.17, 15) is 0 Å². The second-order valence-electron chi connectivity index (χ2n) is 3.18. The number of nitriles is 1. The van der Waals surface area contributed by atoms with E-state index in [1.807, 2.05) is 6.07 Å². The minimum absolute atomic E-state index is 0.0301. The van der Waals surface area contributed by atoms with E-state index in [1.54, 1.807) is 24.3 Å². The Hall–Kier alpha value is -1.90. The van der Waals surface area contributed by atoms with Gasteiger partial charge < -0.3 is 10.2 Å². The van der Waals surface area contributed by atoms with E-state index in [4.69, 9.17) is 39.2 Å². The van der Waals surface area contributed by atoms with Crippen molar-refractivity contribution in [2.24, 2.45) is 0 Å². The summed E-state index contributed by atoms with van der Waals surface area (Å²) < 4.78 is 5.37. The molecule has 2 aromatic rings. The number of nitrogens with zero attached hydrogens (tertiary/aromatic N) is 2. The molecule has 0 aliphatic heterocycles. The third-order valence-corrected chi connectivity index (χ3v) is 2.62. The molecule has 6 heteroatoms. The molecule has 0 bridgehead atoms. The quantitative estimate of drug-likeness (QED) is 0.800. The van der Waals surface area contributed by atoms with Crippen LogP contribution in [0.4, 0.5) is 5.88 Å². The third kappa shape index (κ3) is 2.28. The van der Waals surface area contributed by atoms with Gasteiger partial charge in [-0.2, -0.15) is 10.2 Å². The van der Waals surface area contributed by atoms with Crippen LogP contribution >= 0.6 is 23.8 Å². The number of rotatable bonds is 1. The minimum atomic E-state index is -0.0301. The Bertz CT molecular complexity index is 658. The predicted molar refractivity (Wildman–Crippen MR) is 66.9 cm³/mol. The lowest BCUT2D eigenvalue weighted by molar-refractivity contribution is 0.563. The number of aromatic nitrogens is 1. The van der Waals surface area contributed by atoms with Crippen molar-refractivity contribution in [1.82, 2.24) is 4.98 Å². The molecule has 1 aromatic carbocycles. The molecule has 1 heterocycles. The number of hydrogen-bond donors (Lipinski definition) is 1. The van der Waals surface area contributed by atoms with Crippen molar-refractivity contribution in [2.75, 3.05) is 5.73 Å². The number of nitrogens with two attached hydrogens (primary N) is 1. The van der Waals surface area contributed by atoms with Crippen molar-refractivity contribution in [2.45, 2.75) is 0 Å². The summed E-state index contributed by atoms with van der Waals surface area (Å²) in [6.07, 6.45) is 0. The average Bonchev–Trinajstić information content (AvgIpc) is 2.29. The fourth-order valence-electron chi connectivity index (χ4n) is 1.25. The van der Waals surface area contributed by atoms with Crippen LogP contribution in [0.2, 0.25) is 5.02 Å². The van der Waals surface area contributed by atoms with E-state index < -0.39 is 0 Å². The standard InChI is InChI=1S/C11H6ClN3OS/c12-7-3-1-6(2-4-7)10-15-11(17)8(5-13)9(14)16-10/h1-4H,14H2. The number of benzene rings is 1. The molecule has 0 saturated heterocycles. The molecule has 17 heavy (non-hydrogen) atoms. The van der Waals surface area contributed by atoms with E-state index in [-0.39, 0.29) is 22.0 Å². The Morgan fingerprint density at radius 1 is 1.35 bits per heavy atom. The molecule has 84 valence electrons. The molecule has 2 N–H and O–H groups in total. The Labute approximate surface area is 107 Å². The Morgan fingerprint density at radius 3 is 2.53 bits per heavy atom. The summed E-state index contributed by atoms with van der Waals surface area (Å²) in [6.45, 7) is 0. The van der Waals surface area contributed by atoms with Crippen molar-refractivity contribution in [1.29, 1.82) is 5.26 Å². The van der Waals surface area contributed by atoms with Gasteiger partial charge in [0.2, 0.25) is 11.8 Å². The van der Waals surface area contributed by atoms with Crippen molar-refractivity contribution in [3.63, 3.8) is 0 Å². The molecule has 0 unspecified atom stereocenters. The molecule has 0 aliphatic rings. The van der Waals surface area contributed by atoms with E-state index in [2.05, 4.69) is 4.98 Å². The largest absolute Gasteiger partial charge is 0.421 e. The number of nitrogen functional groups attached to an aromatic ring is 1. The predicted octanol–water partition coefficient (Wildman–Crippen LogP) is 3.18. The normalized spacial score (nSPS) is 9.88.